The van der Waals surface area contributed by atoms with Gasteiger partial charge >= 0.3 is 23.8 Å². The number of halogens is 1. The number of aromatic carboxylic acids is 1. The number of H-pyrrole nitrogens is 1. The predicted octanol–water partition coefficient (Wildman–Crippen LogP) is 3.35. The van der Waals surface area contributed by atoms with Gasteiger partial charge in [-0.1, -0.05) is 23.7 Å². The van der Waals surface area contributed by atoms with Crippen LogP contribution in [0.15, 0.2) is 73.1 Å². The molecule has 17 nitrogen and oxygen atoms in total. The predicted molar refractivity (Wildman–Crippen MR) is 196 cm³/mol. The molecule has 1 saturated carbocycles. The molecular formula is C36H35ClN10O7. The molecule has 7 rings (SSSR count). The van der Waals surface area contributed by atoms with E-state index in [1.54, 1.807) is 54.6 Å². The number of benzene rings is 3. The minimum absolute atomic E-state index is 0.0129. The van der Waals surface area contributed by atoms with Gasteiger partial charge in [-0.05, 0) is 96.3 Å². The molecule has 2 aliphatic rings. The van der Waals surface area contributed by atoms with E-state index in [9.17, 15) is 34.2 Å². The van der Waals surface area contributed by atoms with Crippen LogP contribution in [0.1, 0.15) is 41.7 Å². The van der Waals surface area contributed by atoms with E-state index in [0.29, 0.717) is 69.9 Å². The molecule has 1 aliphatic heterocycles. The summed E-state index contributed by atoms with van der Waals surface area (Å²) in [6.07, 6.45) is 3.67. The number of nitrogens with one attached hydrogen (secondary N) is 4. The number of urea groups is 1. The summed E-state index contributed by atoms with van der Waals surface area (Å²) in [5.74, 6) is -3.51. The average Bonchev–Trinajstić information content (AvgIpc) is 3.85. The molecule has 1 aliphatic carbocycles. The number of amides is 5. The molecule has 1 atom stereocenters. The Morgan fingerprint density at radius 1 is 0.889 bits per heavy atom. The fraction of sp³-hybridized carbons (Fsp3) is 0.278. The van der Waals surface area contributed by atoms with Crippen LogP contribution in [-0.4, -0.2) is 101 Å². The number of aromatic amines is 1. The zero-order valence-electron chi connectivity index (χ0n) is 28.6. The molecule has 3 aromatic carbocycles. The van der Waals surface area contributed by atoms with Crippen LogP contribution in [-0.2, 0) is 20.8 Å². The number of hydrogen-bond acceptors (Lipinski definition) is 9. The van der Waals surface area contributed by atoms with Gasteiger partial charge in [-0.2, -0.15) is 4.68 Å². The third kappa shape index (κ3) is 7.86. The number of carbonyl (C=O) groups excluding carboxylic acids is 4. The number of fused-ring (bicyclic) bond motifs is 1. The van der Waals surface area contributed by atoms with Crippen LogP contribution in [0.3, 0.4) is 0 Å². The summed E-state index contributed by atoms with van der Waals surface area (Å²) in [5.41, 5.74) is 2.78. The minimum Gasteiger partial charge on any atom is -0.477 e. The number of carbonyl (C=O) groups is 5. The Balaban J connectivity index is 1.11. The van der Waals surface area contributed by atoms with Gasteiger partial charge in [0.05, 0.1) is 17.5 Å². The molecule has 278 valence electrons. The van der Waals surface area contributed by atoms with Gasteiger partial charge < -0.3 is 40.9 Å². The van der Waals surface area contributed by atoms with Gasteiger partial charge in [0.2, 0.25) is 5.91 Å². The molecule has 5 aromatic rings. The Kier molecular flexibility index (Phi) is 10.2. The Morgan fingerprint density at radius 2 is 1.65 bits per heavy atom. The number of hydrogen-bond donors (Lipinski definition) is 6. The lowest BCUT2D eigenvalue weighted by molar-refractivity contribution is -0.149. The quantitative estimate of drug-likeness (QED) is 0.114. The van der Waals surface area contributed by atoms with Gasteiger partial charge in [-0.15, -0.1) is 5.10 Å². The highest BCUT2D eigenvalue weighted by molar-refractivity contribution is 6.41. The van der Waals surface area contributed by atoms with Crippen molar-refractivity contribution in [3.63, 3.8) is 0 Å². The molecule has 54 heavy (non-hydrogen) atoms. The molecular weight excluding hydrogens is 720 g/mol. The first-order valence-electron chi connectivity index (χ1n) is 17.2. The van der Waals surface area contributed by atoms with Crippen molar-refractivity contribution in [3.8, 4) is 5.69 Å². The highest BCUT2D eigenvalue weighted by Crippen LogP contribution is 2.30. The average molecular weight is 755 g/mol. The first-order valence-corrected chi connectivity index (χ1v) is 17.6. The van der Waals surface area contributed by atoms with Crippen molar-refractivity contribution >= 4 is 69.3 Å². The van der Waals surface area contributed by atoms with Crippen LogP contribution in [0.4, 0.5) is 21.9 Å². The van der Waals surface area contributed by atoms with Crippen LogP contribution in [0.5, 0.6) is 0 Å². The molecule has 2 fully saturated rings. The van der Waals surface area contributed by atoms with Crippen LogP contribution in [0.25, 0.3) is 16.6 Å². The fourth-order valence-corrected chi connectivity index (χ4v) is 6.94. The summed E-state index contributed by atoms with van der Waals surface area (Å²) in [6.45, 7) is 0.00998. The number of tetrazole rings is 1. The zero-order chi connectivity index (χ0) is 37.9. The van der Waals surface area contributed by atoms with E-state index in [0.717, 1.165) is 0 Å². The lowest BCUT2D eigenvalue weighted by atomic mass is 9.93. The Morgan fingerprint density at radius 3 is 2.37 bits per heavy atom. The standard InChI is InChI=1S/C36H35ClN10O7/c37-22-3-12-29(47-19-38-43-44-47)30(18-22)45-13-14-46(34(51)33(45)50)31(32(49)39-25-8-11-27-21(16-25)17-28(42-27)35(52)53)15-20-1-4-23(5-2-20)40-36(54)41-24-6-9-26(48)10-7-24/h1-5,8,11-12,16-19,24,26,31,42,48H,6-7,9-10,13-15H2,(H,39,49)(H,52,53)(H2,40,41,54). The third-order valence-electron chi connectivity index (χ3n) is 9.55. The second-order valence-electron chi connectivity index (χ2n) is 13.1. The molecule has 2 aromatic heterocycles. The van der Waals surface area contributed by atoms with Gasteiger partial charge in [-0.25, -0.2) is 9.59 Å². The first kappa shape index (κ1) is 36.0. The lowest BCUT2D eigenvalue weighted by Gasteiger charge is -2.38. The smallest absolute Gasteiger partial charge is 0.352 e. The molecule has 3 heterocycles. The van der Waals surface area contributed by atoms with Gasteiger partial charge in [0.15, 0.2) is 0 Å². The molecule has 18 heteroatoms. The van der Waals surface area contributed by atoms with E-state index in [1.165, 1.54) is 32.9 Å². The highest BCUT2D eigenvalue weighted by atomic mass is 35.5. The maximum atomic E-state index is 14.1. The lowest BCUT2D eigenvalue weighted by Crippen LogP contribution is -2.60. The van der Waals surface area contributed by atoms with Gasteiger partial charge in [0.25, 0.3) is 0 Å². The molecule has 6 N–H and O–H groups in total. The zero-order valence-corrected chi connectivity index (χ0v) is 29.4. The first-order chi connectivity index (χ1) is 26.0. The minimum atomic E-state index is -1.15. The van der Waals surface area contributed by atoms with Crippen molar-refractivity contribution in [2.24, 2.45) is 0 Å². The van der Waals surface area contributed by atoms with E-state index >= 15 is 0 Å². The summed E-state index contributed by atoms with van der Waals surface area (Å²) in [4.78, 5) is 71.3. The summed E-state index contributed by atoms with van der Waals surface area (Å²) >= 11 is 6.30. The third-order valence-corrected chi connectivity index (χ3v) is 9.78. The van der Waals surface area contributed by atoms with E-state index in [-0.39, 0.29) is 43.4 Å². The highest BCUT2D eigenvalue weighted by Gasteiger charge is 2.40. The maximum absolute atomic E-state index is 14.1. The molecule has 0 bridgehead atoms. The van der Waals surface area contributed by atoms with Crippen molar-refractivity contribution in [3.05, 3.63) is 89.3 Å². The van der Waals surface area contributed by atoms with Gasteiger partial charge in [-0.3, -0.25) is 14.4 Å². The summed E-state index contributed by atoms with van der Waals surface area (Å²) < 4.78 is 1.34. The van der Waals surface area contributed by atoms with Crippen molar-refractivity contribution in [2.45, 2.75) is 50.3 Å². The van der Waals surface area contributed by atoms with Crippen LogP contribution in [0.2, 0.25) is 5.02 Å². The Labute approximate surface area is 312 Å². The number of rotatable bonds is 10. The van der Waals surface area contributed by atoms with E-state index < -0.39 is 29.7 Å². The maximum Gasteiger partial charge on any atom is 0.352 e. The topological polar surface area (TPSA) is 228 Å². The number of aliphatic hydroxyl groups excluding tert-OH is 1. The molecule has 5 amide bonds. The fourth-order valence-electron chi connectivity index (χ4n) is 6.77. The van der Waals surface area contributed by atoms with Crippen molar-refractivity contribution < 1.29 is 34.2 Å². The van der Waals surface area contributed by atoms with Crippen molar-refractivity contribution in [1.29, 1.82) is 0 Å². The Hall–Kier alpha value is -6.33. The van der Waals surface area contributed by atoms with Gasteiger partial charge in [0, 0.05) is 52.9 Å². The van der Waals surface area contributed by atoms with Crippen molar-refractivity contribution in [1.82, 2.24) is 35.4 Å². The molecule has 0 radical (unpaired) electrons. The van der Waals surface area contributed by atoms with Gasteiger partial charge in [0.1, 0.15) is 18.1 Å². The van der Waals surface area contributed by atoms with E-state index in [4.69, 9.17) is 11.6 Å². The summed E-state index contributed by atoms with van der Waals surface area (Å²) in [7, 11) is 0. The number of aromatic nitrogens is 5. The largest absolute Gasteiger partial charge is 0.477 e. The summed E-state index contributed by atoms with van der Waals surface area (Å²) in [6, 6.07) is 16.3. The number of anilines is 3. The van der Waals surface area contributed by atoms with E-state index in [2.05, 4.69) is 36.5 Å². The Bertz CT molecular complexity index is 2220. The molecule has 1 saturated heterocycles. The van der Waals surface area contributed by atoms with E-state index in [1.807, 2.05) is 0 Å². The van der Waals surface area contributed by atoms with Crippen LogP contribution >= 0.6 is 11.6 Å². The second-order valence-corrected chi connectivity index (χ2v) is 13.6. The number of carboxylic acids is 1. The second kappa shape index (κ2) is 15.3. The number of aliphatic hydroxyl groups is 1. The normalized spacial score (nSPS) is 18.0. The van der Waals surface area contributed by atoms with Crippen LogP contribution < -0.4 is 20.9 Å². The molecule has 1 unspecified atom stereocenters. The molecule has 0 spiro atoms. The SMILES string of the molecule is O=C(Nc1ccc(CC(C(=O)Nc2ccc3[nH]c(C(=O)O)cc3c2)N2CCN(c3cc(Cl)ccc3-n3cnnn3)C(=O)C2=O)cc1)NC1CCC(O)CC1. The van der Waals surface area contributed by atoms with Crippen molar-refractivity contribution in [2.75, 3.05) is 28.6 Å². The van der Waals surface area contributed by atoms with Crippen LogP contribution in [0, 0.1) is 0 Å². The monoisotopic (exact) mass is 754 g/mol. The number of nitrogens with zero attached hydrogens (tertiary/aromatic N) is 6. The number of carboxylic acid groups (broad SMARTS) is 1. The number of piperazine rings is 1. The summed E-state index contributed by atoms with van der Waals surface area (Å²) in [5, 5.41) is 39.8.